The Morgan fingerprint density at radius 3 is 2.71 bits per heavy atom. The van der Waals surface area contributed by atoms with Gasteiger partial charge in [0, 0.05) is 18.8 Å². The second kappa shape index (κ2) is 8.12. The average molecular weight is 236 g/mol. The van der Waals surface area contributed by atoms with Gasteiger partial charge in [-0.2, -0.15) is 0 Å². The van der Waals surface area contributed by atoms with Gasteiger partial charge in [0.05, 0.1) is 11.5 Å². The van der Waals surface area contributed by atoms with E-state index in [1.54, 1.807) is 7.05 Å². The van der Waals surface area contributed by atoms with Gasteiger partial charge in [0.2, 0.25) is 10.0 Å². The van der Waals surface area contributed by atoms with Gasteiger partial charge in [-0.15, -0.1) is 18.2 Å². The second-order valence-electron chi connectivity index (χ2n) is 2.57. The zero-order chi connectivity index (χ0) is 10.9. The van der Waals surface area contributed by atoms with Crippen LogP contribution in [0, 0.1) is 12.3 Å². The molecule has 2 N–H and O–H groups in total. The number of hydrogen-bond acceptors (Lipinski definition) is 4. The molecule has 0 atom stereocenters. The molecule has 82 valence electrons. The third-order valence-electron chi connectivity index (χ3n) is 1.37. The molecular formula is C8H16N2O2S2. The fourth-order valence-electron chi connectivity index (χ4n) is 0.709. The molecule has 0 aliphatic rings. The van der Waals surface area contributed by atoms with Crippen molar-refractivity contribution < 1.29 is 8.42 Å². The van der Waals surface area contributed by atoms with Crippen LogP contribution in [0.3, 0.4) is 0 Å². The molecule has 0 aromatic heterocycles. The summed E-state index contributed by atoms with van der Waals surface area (Å²) in [6.07, 6.45) is 5.04. The largest absolute Gasteiger partial charge is 0.319 e. The lowest BCUT2D eigenvalue weighted by Gasteiger charge is -2.05. The van der Waals surface area contributed by atoms with Gasteiger partial charge in [-0.05, 0) is 7.05 Å². The fraction of sp³-hybridized carbons (Fsp3) is 0.750. The van der Waals surface area contributed by atoms with Crippen LogP contribution in [0.5, 0.6) is 0 Å². The first-order valence-electron chi connectivity index (χ1n) is 4.25. The summed E-state index contributed by atoms with van der Waals surface area (Å²) < 4.78 is 24.9. The number of thioether (sulfide) groups is 1. The second-order valence-corrected chi connectivity index (χ2v) is 5.61. The van der Waals surface area contributed by atoms with Crippen molar-refractivity contribution in [1.29, 1.82) is 0 Å². The van der Waals surface area contributed by atoms with Crippen molar-refractivity contribution in [2.24, 2.45) is 0 Å². The minimum atomic E-state index is -3.11. The molecule has 0 unspecified atom stereocenters. The first-order chi connectivity index (χ1) is 6.62. The Morgan fingerprint density at radius 2 is 2.14 bits per heavy atom. The van der Waals surface area contributed by atoms with Crippen LogP contribution in [0.4, 0.5) is 0 Å². The number of hydrogen-bond donors (Lipinski definition) is 2. The van der Waals surface area contributed by atoms with Gasteiger partial charge in [-0.1, -0.05) is 5.92 Å². The van der Waals surface area contributed by atoms with E-state index in [1.807, 2.05) is 0 Å². The summed E-state index contributed by atoms with van der Waals surface area (Å²) in [5.41, 5.74) is 0. The van der Waals surface area contributed by atoms with Crippen molar-refractivity contribution in [3.63, 3.8) is 0 Å². The Balaban J connectivity index is 3.52. The van der Waals surface area contributed by atoms with Crippen LogP contribution >= 0.6 is 11.8 Å². The van der Waals surface area contributed by atoms with E-state index in [4.69, 9.17) is 6.42 Å². The van der Waals surface area contributed by atoms with E-state index in [2.05, 4.69) is 16.0 Å². The maximum Gasteiger partial charge on any atom is 0.212 e. The molecule has 14 heavy (non-hydrogen) atoms. The highest BCUT2D eigenvalue weighted by Gasteiger charge is 2.07. The Kier molecular flexibility index (Phi) is 7.99. The van der Waals surface area contributed by atoms with Crippen LogP contribution in [0.1, 0.15) is 0 Å². The van der Waals surface area contributed by atoms with Crippen LogP contribution in [-0.4, -0.2) is 45.8 Å². The molecule has 0 aliphatic carbocycles. The minimum absolute atomic E-state index is 0.114. The quantitative estimate of drug-likeness (QED) is 0.440. The number of terminal acetylenes is 1. The van der Waals surface area contributed by atoms with Gasteiger partial charge in [0.1, 0.15) is 0 Å². The molecule has 0 heterocycles. The van der Waals surface area contributed by atoms with Crippen molar-refractivity contribution >= 4 is 21.8 Å². The molecule has 0 radical (unpaired) electrons. The summed E-state index contributed by atoms with van der Waals surface area (Å²) in [7, 11) is -1.39. The predicted molar refractivity (Wildman–Crippen MR) is 61.9 cm³/mol. The molecular weight excluding hydrogens is 220 g/mol. The van der Waals surface area contributed by atoms with Crippen molar-refractivity contribution in [2.75, 3.05) is 37.4 Å². The van der Waals surface area contributed by atoms with Crippen LogP contribution < -0.4 is 10.0 Å². The van der Waals surface area contributed by atoms with Gasteiger partial charge >= 0.3 is 0 Å². The molecule has 6 heteroatoms. The van der Waals surface area contributed by atoms with Crippen LogP contribution in [-0.2, 0) is 10.0 Å². The Morgan fingerprint density at radius 1 is 1.43 bits per heavy atom. The Labute approximate surface area is 90.3 Å². The van der Waals surface area contributed by atoms with Crippen LogP contribution in [0.2, 0.25) is 0 Å². The Hall–Kier alpha value is -0.220. The lowest BCUT2D eigenvalue weighted by atomic mass is 10.8. The summed E-state index contributed by atoms with van der Waals surface area (Å²) in [6, 6.07) is 0. The summed E-state index contributed by atoms with van der Waals surface area (Å²) in [6.45, 7) is 0.908. The molecule has 0 aliphatic heterocycles. The summed E-state index contributed by atoms with van der Waals surface area (Å²) in [5, 5.41) is 2.78. The van der Waals surface area contributed by atoms with Crippen molar-refractivity contribution in [2.45, 2.75) is 0 Å². The van der Waals surface area contributed by atoms with E-state index >= 15 is 0 Å². The molecule has 0 saturated carbocycles. The molecule has 0 aromatic rings. The maximum atomic E-state index is 11.2. The molecule has 4 nitrogen and oxygen atoms in total. The van der Waals surface area contributed by atoms with Crippen molar-refractivity contribution in [3.8, 4) is 12.3 Å². The van der Waals surface area contributed by atoms with Crippen LogP contribution in [0.15, 0.2) is 0 Å². The number of rotatable bonds is 8. The third kappa shape index (κ3) is 8.38. The van der Waals surface area contributed by atoms with Crippen molar-refractivity contribution in [1.82, 2.24) is 10.0 Å². The van der Waals surface area contributed by atoms with E-state index in [0.717, 1.165) is 0 Å². The average Bonchev–Trinajstić information content (AvgIpc) is 2.15. The molecule has 0 amide bonds. The first-order valence-corrected chi connectivity index (χ1v) is 7.06. The fourth-order valence-corrected chi connectivity index (χ4v) is 2.38. The van der Waals surface area contributed by atoms with Crippen LogP contribution in [0.25, 0.3) is 0 Å². The van der Waals surface area contributed by atoms with E-state index in [9.17, 15) is 8.42 Å². The molecule has 0 aromatic carbocycles. The molecule has 0 fully saturated rings. The van der Waals surface area contributed by atoms with Crippen molar-refractivity contribution in [3.05, 3.63) is 0 Å². The van der Waals surface area contributed by atoms with Gasteiger partial charge in [0.15, 0.2) is 0 Å². The van der Waals surface area contributed by atoms with Gasteiger partial charge in [0.25, 0.3) is 0 Å². The molecule has 0 spiro atoms. The number of sulfonamides is 1. The molecule has 0 rings (SSSR count). The standard InChI is InChI=1S/C8H16N2O2S2/c1-3-6-13-7-4-10-14(11,12)8-5-9-2/h1,9-10H,4-8H2,2H3. The van der Waals surface area contributed by atoms with E-state index in [-0.39, 0.29) is 5.75 Å². The van der Waals surface area contributed by atoms with E-state index in [1.165, 1.54) is 11.8 Å². The molecule has 0 saturated heterocycles. The predicted octanol–water partition coefficient (Wildman–Crippen LogP) is -0.508. The highest BCUT2D eigenvalue weighted by atomic mass is 32.2. The Bertz CT molecular complexity index is 270. The normalized spacial score (nSPS) is 11.1. The highest BCUT2D eigenvalue weighted by Crippen LogP contribution is 1.96. The monoisotopic (exact) mass is 236 g/mol. The van der Waals surface area contributed by atoms with Gasteiger partial charge in [-0.25, -0.2) is 13.1 Å². The molecule has 0 bridgehead atoms. The topological polar surface area (TPSA) is 58.2 Å². The lowest BCUT2D eigenvalue weighted by molar-refractivity contribution is 0.582. The minimum Gasteiger partial charge on any atom is -0.319 e. The van der Waals surface area contributed by atoms with E-state index in [0.29, 0.717) is 24.6 Å². The highest BCUT2D eigenvalue weighted by molar-refractivity contribution is 7.99. The summed E-state index contributed by atoms with van der Waals surface area (Å²) >= 11 is 1.54. The maximum absolute atomic E-state index is 11.2. The van der Waals surface area contributed by atoms with Gasteiger partial charge < -0.3 is 5.32 Å². The number of nitrogens with one attached hydrogen (secondary N) is 2. The first kappa shape index (κ1) is 13.8. The van der Waals surface area contributed by atoms with Gasteiger partial charge in [-0.3, -0.25) is 0 Å². The zero-order valence-corrected chi connectivity index (χ0v) is 9.88. The smallest absolute Gasteiger partial charge is 0.212 e. The summed E-state index contributed by atoms with van der Waals surface area (Å²) in [5.74, 6) is 3.92. The summed E-state index contributed by atoms with van der Waals surface area (Å²) in [4.78, 5) is 0. The SMILES string of the molecule is C#CCSCCNS(=O)(=O)CCNC. The lowest BCUT2D eigenvalue weighted by Crippen LogP contribution is -2.32. The van der Waals surface area contributed by atoms with E-state index < -0.39 is 10.0 Å². The zero-order valence-electron chi connectivity index (χ0n) is 8.25. The third-order valence-corrected chi connectivity index (χ3v) is 3.62.